The van der Waals surface area contributed by atoms with Crippen LogP contribution in [0.4, 0.5) is 0 Å². The fourth-order valence-electron chi connectivity index (χ4n) is 3.25. The Morgan fingerprint density at radius 2 is 1.86 bits per heavy atom. The van der Waals surface area contributed by atoms with Crippen molar-refractivity contribution in [1.29, 1.82) is 0 Å². The number of carbonyl (C=O) groups is 1. The van der Waals surface area contributed by atoms with Crippen LogP contribution in [0.2, 0.25) is 10.0 Å². The first kappa shape index (κ1) is 14.7. The van der Waals surface area contributed by atoms with Crippen LogP contribution in [0.15, 0.2) is 24.0 Å². The van der Waals surface area contributed by atoms with Gasteiger partial charge in [0.25, 0.3) is 0 Å². The van der Waals surface area contributed by atoms with Crippen molar-refractivity contribution in [3.63, 3.8) is 0 Å². The molecule has 0 saturated heterocycles. The van der Waals surface area contributed by atoms with E-state index in [-0.39, 0.29) is 17.9 Å². The lowest BCUT2D eigenvalue weighted by Crippen LogP contribution is -2.38. The fourth-order valence-corrected chi connectivity index (χ4v) is 3.75. The Morgan fingerprint density at radius 1 is 1.14 bits per heavy atom. The molecule has 1 aromatic carbocycles. The highest BCUT2D eigenvalue weighted by molar-refractivity contribution is 6.37. The Kier molecular flexibility index (Phi) is 3.89. The van der Waals surface area contributed by atoms with Crippen molar-refractivity contribution in [1.82, 2.24) is 0 Å². The smallest absolute Gasteiger partial charge is 0.342 e. The molecule has 1 N–H and O–H groups in total. The molecule has 1 aromatic rings. The van der Waals surface area contributed by atoms with Crippen molar-refractivity contribution in [2.45, 2.75) is 32.1 Å². The molecule has 112 valence electrons. The Hall–Kier alpha value is -1.19. The number of carbonyl (C=O) groups excluding carboxylic acids is 1. The normalized spacial score (nSPS) is 21.5. The van der Waals surface area contributed by atoms with E-state index in [0.717, 1.165) is 32.1 Å². The molecule has 0 atom stereocenters. The molecule has 5 heteroatoms. The lowest BCUT2D eigenvalue weighted by molar-refractivity contribution is -0.143. The topological polar surface area (TPSA) is 46.5 Å². The van der Waals surface area contributed by atoms with Crippen molar-refractivity contribution in [3.8, 4) is 0 Å². The van der Waals surface area contributed by atoms with Gasteiger partial charge in [0.1, 0.15) is 17.9 Å². The van der Waals surface area contributed by atoms with Gasteiger partial charge in [0, 0.05) is 10.6 Å². The molecule has 0 amide bonds. The molecule has 0 bridgehead atoms. The second-order valence-electron chi connectivity index (χ2n) is 5.76. The summed E-state index contributed by atoms with van der Waals surface area (Å²) in [6.07, 6.45) is 4.88. The van der Waals surface area contributed by atoms with E-state index in [1.54, 1.807) is 18.2 Å². The first-order chi connectivity index (χ1) is 10.0. The summed E-state index contributed by atoms with van der Waals surface area (Å²) in [6, 6.07) is 4.87. The highest BCUT2D eigenvalue weighted by atomic mass is 35.5. The number of esters is 1. The highest BCUT2D eigenvalue weighted by Gasteiger charge is 2.44. The molecule has 0 radical (unpaired) electrons. The third-order valence-corrected chi connectivity index (χ3v) is 4.98. The van der Waals surface area contributed by atoms with E-state index in [2.05, 4.69) is 0 Å². The van der Waals surface area contributed by atoms with Gasteiger partial charge in [0.05, 0.1) is 10.4 Å². The van der Waals surface area contributed by atoms with E-state index in [1.165, 1.54) is 0 Å². The molecular formula is C16H16Cl2O3. The second-order valence-corrected chi connectivity index (χ2v) is 6.61. The van der Waals surface area contributed by atoms with Gasteiger partial charge in [-0.05, 0) is 25.0 Å². The molecule has 0 aromatic heterocycles. The zero-order chi connectivity index (χ0) is 15.0. The predicted molar refractivity (Wildman–Crippen MR) is 82.5 cm³/mol. The number of hydrogen-bond acceptors (Lipinski definition) is 3. The van der Waals surface area contributed by atoms with Crippen LogP contribution in [0, 0.1) is 5.41 Å². The molecule has 1 spiro atoms. The van der Waals surface area contributed by atoms with E-state index in [9.17, 15) is 9.90 Å². The molecule has 21 heavy (non-hydrogen) atoms. The van der Waals surface area contributed by atoms with Crippen molar-refractivity contribution >= 4 is 34.7 Å². The van der Waals surface area contributed by atoms with Crippen LogP contribution >= 0.6 is 23.2 Å². The third-order valence-electron chi connectivity index (χ3n) is 4.43. The number of ether oxygens (including phenoxy) is 1. The van der Waals surface area contributed by atoms with Gasteiger partial charge in [0.15, 0.2) is 0 Å². The van der Waals surface area contributed by atoms with Crippen molar-refractivity contribution in [3.05, 3.63) is 39.6 Å². The van der Waals surface area contributed by atoms with E-state index in [1.807, 2.05) is 0 Å². The van der Waals surface area contributed by atoms with Gasteiger partial charge in [-0.15, -0.1) is 0 Å². The average Bonchev–Trinajstić information content (AvgIpc) is 2.47. The van der Waals surface area contributed by atoms with Gasteiger partial charge < -0.3 is 9.84 Å². The van der Waals surface area contributed by atoms with Crippen LogP contribution < -0.4 is 0 Å². The van der Waals surface area contributed by atoms with Gasteiger partial charge in [0.2, 0.25) is 0 Å². The van der Waals surface area contributed by atoms with E-state index in [0.29, 0.717) is 15.6 Å². The van der Waals surface area contributed by atoms with Crippen molar-refractivity contribution in [2.24, 2.45) is 5.41 Å². The number of aliphatic hydroxyl groups is 1. The fraction of sp³-hybridized carbons (Fsp3) is 0.438. The molecule has 3 rings (SSSR count). The summed E-state index contributed by atoms with van der Waals surface area (Å²) >= 11 is 12.1. The van der Waals surface area contributed by atoms with Crippen LogP contribution in [0.3, 0.4) is 0 Å². The maximum Gasteiger partial charge on any atom is 0.342 e. The molecule has 1 fully saturated rings. The summed E-state index contributed by atoms with van der Waals surface area (Å²) in [5, 5.41) is 11.6. The number of cyclic esters (lactones) is 1. The Morgan fingerprint density at radius 3 is 2.52 bits per heavy atom. The zero-order valence-corrected chi connectivity index (χ0v) is 13.0. The lowest BCUT2D eigenvalue weighted by Gasteiger charge is -2.39. The summed E-state index contributed by atoms with van der Waals surface area (Å²) in [4.78, 5) is 12.1. The lowest BCUT2D eigenvalue weighted by atomic mass is 9.70. The van der Waals surface area contributed by atoms with Crippen molar-refractivity contribution < 1.29 is 14.6 Å². The van der Waals surface area contributed by atoms with Crippen LogP contribution in [0.5, 0.6) is 0 Å². The molecule has 1 aliphatic carbocycles. The number of hydrogen-bond donors (Lipinski definition) is 1. The zero-order valence-electron chi connectivity index (χ0n) is 11.5. The minimum absolute atomic E-state index is 0.127. The molecule has 1 saturated carbocycles. The van der Waals surface area contributed by atoms with Crippen LogP contribution in [0.25, 0.3) is 5.57 Å². The molecular weight excluding hydrogens is 311 g/mol. The second kappa shape index (κ2) is 5.54. The predicted octanol–water partition coefficient (Wildman–Crippen LogP) is 4.77. The first-order valence-corrected chi connectivity index (χ1v) is 7.85. The van der Waals surface area contributed by atoms with Crippen LogP contribution in [-0.4, -0.2) is 17.7 Å². The number of halogens is 2. The maximum absolute atomic E-state index is 12.1. The van der Waals surface area contributed by atoms with Gasteiger partial charge in [-0.2, -0.15) is 0 Å². The summed E-state index contributed by atoms with van der Waals surface area (Å²) in [5.74, 6) is -0.393. The summed E-state index contributed by atoms with van der Waals surface area (Å²) in [7, 11) is 0. The average molecular weight is 327 g/mol. The van der Waals surface area contributed by atoms with E-state index >= 15 is 0 Å². The standard InChI is InChI=1S/C16H16Cl2O3/c17-10-4-5-11(12(18)8-10)13-14(19)16(9-21-15(13)20)6-2-1-3-7-16/h4-5,8,19H,1-3,6-7,9H2. The van der Waals surface area contributed by atoms with Crippen molar-refractivity contribution in [2.75, 3.05) is 6.61 Å². The molecule has 0 unspecified atom stereocenters. The number of rotatable bonds is 1. The Balaban J connectivity index is 2.12. The Bertz CT molecular complexity index is 616. The van der Waals surface area contributed by atoms with Gasteiger partial charge >= 0.3 is 5.97 Å². The minimum Gasteiger partial charge on any atom is -0.511 e. The molecule has 3 nitrogen and oxygen atoms in total. The van der Waals surface area contributed by atoms with Crippen LogP contribution in [0.1, 0.15) is 37.7 Å². The van der Waals surface area contributed by atoms with E-state index in [4.69, 9.17) is 27.9 Å². The molecule has 1 aliphatic heterocycles. The number of aliphatic hydroxyl groups excluding tert-OH is 1. The minimum atomic E-state index is -0.520. The first-order valence-electron chi connectivity index (χ1n) is 7.10. The summed E-state index contributed by atoms with van der Waals surface area (Å²) in [6.45, 7) is 0.256. The summed E-state index contributed by atoms with van der Waals surface area (Å²) in [5.41, 5.74) is 0.225. The van der Waals surface area contributed by atoms with E-state index < -0.39 is 11.4 Å². The number of benzene rings is 1. The van der Waals surface area contributed by atoms with Gasteiger partial charge in [-0.1, -0.05) is 48.5 Å². The quantitative estimate of drug-likeness (QED) is 0.756. The monoisotopic (exact) mass is 326 g/mol. The summed E-state index contributed by atoms with van der Waals surface area (Å²) < 4.78 is 5.35. The Labute approximate surface area is 133 Å². The van der Waals surface area contributed by atoms with Gasteiger partial charge in [-0.25, -0.2) is 4.79 Å². The maximum atomic E-state index is 12.1. The SMILES string of the molecule is O=C1OCC2(CCCCC2)C(O)=C1c1ccc(Cl)cc1Cl. The third kappa shape index (κ3) is 2.53. The van der Waals surface area contributed by atoms with Gasteiger partial charge in [-0.3, -0.25) is 0 Å². The highest BCUT2D eigenvalue weighted by Crippen LogP contribution is 2.47. The molecule has 2 aliphatic rings. The largest absolute Gasteiger partial charge is 0.511 e. The molecule has 1 heterocycles. The van der Waals surface area contributed by atoms with Crippen LogP contribution in [-0.2, 0) is 9.53 Å².